The zero-order valence-electron chi connectivity index (χ0n) is 25.8. The number of nitrogens with one attached hydrogen (secondary N) is 1. The van der Waals surface area contributed by atoms with Crippen LogP contribution >= 0.6 is 23.2 Å². The van der Waals surface area contributed by atoms with Gasteiger partial charge in [-0.25, -0.2) is 8.42 Å². The number of hydrogen-bond acceptors (Lipinski definition) is 4. The van der Waals surface area contributed by atoms with Gasteiger partial charge in [-0.15, -0.1) is 0 Å². The monoisotopic (exact) mass is 657 g/mol. The van der Waals surface area contributed by atoms with Crippen molar-refractivity contribution in [2.45, 2.75) is 89.7 Å². The van der Waals surface area contributed by atoms with Gasteiger partial charge in [0, 0.05) is 12.6 Å². The number of rotatable bonds is 11. The summed E-state index contributed by atoms with van der Waals surface area (Å²) in [5.74, 6) is -0.748. The molecule has 1 atom stereocenters. The van der Waals surface area contributed by atoms with Crippen molar-refractivity contribution in [3.8, 4) is 0 Å². The molecular formula is C34H41Cl2N3O4S. The summed E-state index contributed by atoms with van der Waals surface area (Å²) in [7, 11) is -4.14. The topological polar surface area (TPSA) is 86.8 Å². The van der Waals surface area contributed by atoms with Gasteiger partial charge in [-0.1, -0.05) is 79.2 Å². The third-order valence-corrected chi connectivity index (χ3v) is 10.9. The molecule has 0 spiro atoms. The van der Waals surface area contributed by atoms with Gasteiger partial charge in [0.1, 0.15) is 12.6 Å². The molecule has 3 aromatic rings. The van der Waals surface area contributed by atoms with Crippen molar-refractivity contribution in [1.82, 2.24) is 10.2 Å². The lowest BCUT2D eigenvalue weighted by Gasteiger charge is -2.34. The molecule has 1 fully saturated rings. The zero-order valence-corrected chi connectivity index (χ0v) is 28.1. The van der Waals surface area contributed by atoms with E-state index in [9.17, 15) is 18.0 Å². The van der Waals surface area contributed by atoms with Crippen LogP contribution in [-0.4, -0.2) is 43.8 Å². The van der Waals surface area contributed by atoms with E-state index >= 15 is 0 Å². The fourth-order valence-electron chi connectivity index (χ4n) is 5.55. The second-order valence-corrected chi connectivity index (χ2v) is 14.3. The first-order valence-corrected chi connectivity index (χ1v) is 17.3. The van der Waals surface area contributed by atoms with Gasteiger partial charge in [0.2, 0.25) is 11.8 Å². The maximum Gasteiger partial charge on any atom is 0.264 e. The molecule has 1 saturated carbocycles. The standard InChI is InChI=1S/C34H41Cl2N3O4S/c1-5-32(34(41)37-27-9-7-6-8-10-27)38(21-26-14-18-30(35)31(36)20-26)33(40)22-39(28-15-13-24(3)25(4)19-28)44(42,43)29-16-11-23(2)12-17-29/h11-20,27,32H,5-10,21-22H2,1-4H3,(H,37,41)/t32-/m0/s1. The number of nitrogens with zero attached hydrogens (tertiary/aromatic N) is 2. The summed E-state index contributed by atoms with van der Waals surface area (Å²) < 4.78 is 29.4. The van der Waals surface area contributed by atoms with Crippen molar-refractivity contribution in [1.29, 1.82) is 0 Å². The molecule has 0 aliphatic heterocycles. The van der Waals surface area contributed by atoms with E-state index in [0.717, 1.165) is 53.1 Å². The summed E-state index contributed by atoms with van der Waals surface area (Å²) in [6.07, 6.45) is 5.40. The minimum atomic E-state index is -4.14. The number of carbonyl (C=O) groups is 2. The van der Waals surface area contributed by atoms with Gasteiger partial charge in [-0.3, -0.25) is 13.9 Å². The summed E-state index contributed by atoms with van der Waals surface area (Å²) in [4.78, 5) is 29.6. The Kier molecular flexibility index (Phi) is 11.4. The third kappa shape index (κ3) is 8.14. The van der Waals surface area contributed by atoms with Gasteiger partial charge in [-0.05, 0) is 93.1 Å². The normalized spacial score (nSPS) is 14.6. The maximum atomic E-state index is 14.3. The molecule has 3 aromatic carbocycles. The second kappa shape index (κ2) is 14.8. The van der Waals surface area contributed by atoms with Crippen molar-refractivity contribution in [2.75, 3.05) is 10.8 Å². The highest BCUT2D eigenvalue weighted by Crippen LogP contribution is 2.28. The summed E-state index contributed by atoms with van der Waals surface area (Å²) in [6.45, 7) is 7.13. The summed E-state index contributed by atoms with van der Waals surface area (Å²) >= 11 is 12.5. The van der Waals surface area contributed by atoms with Crippen LogP contribution in [-0.2, 0) is 26.2 Å². The summed E-state index contributed by atoms with van der Waals surface area (Å²) in [6, 6.07) is 16.2. The van der Waals surface area contributed by atoms with Gasteiger partial charge in [-0.2, -0.15) is 0 Å². The largest absolute Gasteiger partial charge is 0.352 e. The molecule has 236 valence electrons. The Balaban J connectivity index is 1.74. The molecule has 1 aliphatic carbocycles. The van der Waals surface area contributed by atoms with Crippen LogP contribution in [0.3, 0.4) is 0 Å². The van der Waals surface area contributed by atoms with E-state index in [1.165, 1.54) is 4.90 Å². The first kappa shape index (κ1) is 33.8. The maximum absolute atomic E-state index is 14.3. The lowest BCUT2D eigenvalue weighted by atomic mass is 9.95. The number of aryl methyl sites for hydroxylation is 3. The average Bonchev–Trinajstić information content (AvgIpc) is 2.99. The molecule has 0 aromatic heterocycles. The van der Waals surface area contributed by atoms with Gasteiger partial charge in [0.15, 0.2) is 0 Å². The van der Waals surface area contributed by atoms with E-state index in [2.05, 4.69) is 5.32 Å². The minimum Gasteiger partial charge on any atom is -0.352 e. The summed E-state index contributed by atoms with van der Waals surface area (Å²) in [5.41, 5.74) is 3.86. The highest BCUT2D eigenvalue weighted by molar-refractivity contribution is 7.92. The molecule has 4 rings (SSSR count). The van der Waals surface area contributed by atoms with Crippen molar-refractivity contribution in [2.24, 2.45) is 0 Å². The van der Waals surface area contributed by atoms with Crippen LogP contribution in [0.2, 0.25) is 10.0 Å². The zero-order chi connectivity index (χ0) is 32.0. The highest BCUT2D eigenvalue weighted by atomic mass is 35.5. The van der Waals surface area contributed by atoms with E-state index in [4.69, 9.17) is 23.2 Å². The number of carbonyl (C=O) groups excluding carboxylic acids is 2. The predicted molar refractivity (Wildman–Crippen MR) is 178 cm³/mol. The third-order valence-electron chi connectivity index (χ3n) is 8.34. The van der Waals surface area contributed by atoms with Crippen LogP contribution < -0.4 is 9.62 Å². The minimum absolute atomic E-state index is 0.0532. The fraction of sp³-hybridized carbons (Fsp3) is 0.412. The lowest BCUT2D eigenvalue weighted by molar-refractivity contribution is -0.140. The first-order valence-electron chi connectivity index (χ1n) is 15.1. The van der Waals surface area contributed by atoms with Crippen molar-refractivity contribution >= 4 is 50.7 Å². The summed E-state index contributed by atoms with van der Waals surface area (Å²) in [5, 5.41) is 3.86. The number of hydrogen-bond donors (Lipinski definition) is 1. The van der Waals surface area contributed by atoms with E-state index < -0.39 is 28.5 Å². The van der Waals surface area contributed by atoms with Crippen molar-refractivity contribution in [3.05, 3.63) is 93.0 Å². The van der Waals surface area contributed by atoms with Gasteiger partial charge in [0.05, 0.1) is 20.6 Å². The van der Waals surface area contributed by atoms with Gasteiger partial charge in [0.25, 0.3) is 10.0 Å². The number of anilines is 1. The number of halogens is 2. The van der Waals surface area contributed by atoms with Crippen LogP contribution in [0.5, 0.6) is 0 Å². The first-order chi connectivity index (χ1) is 20.9. The molecule has 0 saturated heterocycles. The predicted octanol–water partition coefficient (Wildman–Crippen LogP) is 7.37. The Morgan fingerprint density at radius 1 is 0.886 bits per heavy atom. The molecule has 1 aliphatic rings. The molecule has 0 heterocycles. The number of benzene rings is 3. The van der Waals surface area contributed by atoms with Crippen LogP contribution in [0.4, 0.5) is 5.69 Å². The smallest absolute Gasteiger partial charge is 0.264 e. The van der Waals surface area contributed by atoms with E-state index in [-0.39, 0.29) is 23.4 Å². The van der Waals surface area contributed by atoms with E-state index in [1.54, 1.807) is 54.6 Å². The Bertz CT molecular complexity index is 1590. The Morgan fingerprint density at radius 2 is 1.57 bits per heavy atom. The van der Waals surface area contributed by atoms with E-state index in [1.807, 2.05) is 33.8 Å². The van der Waals surface area contributed by atoms with E-state index in [0.29, 0.717) is 27.7 Å². The number of amides is 2. The van der Waals surface area contributed by atoms with Crippen LogP contribution in [0.1, 0.15) is 67.7 Å². The Labute approximate surface area is 271 Å². The number of sulfonamides is 1. The van der Waals surface area contributed by atoms with Crippen molar-refractivity contribution in [3.63, 3.8) is 0 Å². The Hall–Kier alpha value is -3.07. The van der Waals surface area contributed by atoms with Crippen molar-refractivity contribution < 1.29 is 18.0 Å². The van der Waals surface area contributed by atoms with Crippen LogP contribution in [0.25, 0.3) is 0 Å². The molecule has 2 amide bonds. The fourth-order valence-corrected chi connectivity index (χ4v) is 7.27. The molecular weight excluding hydrogens is 617 g/mol. The molecule has 0 radical (unpaired) electrons. The molecule has 44 heavy (non-hydrogen) atoms. The SMILES string of the molecule is CC[C@@H](C(=O)NC1CCCCC1)N(Cc1ccc(Cl)c(Cl)c1)C(=O)CN(c1ccc(C)c(C)c1)S(=O)(=O)c1ccc(C)cc1. The molecule has 7 nitrogen and oxygen atoms in total. The quantitative estimate of drug-likeness (QED) is 0.233. The molecule has 0 bridgehead atoms. The molecule has 1 N–H and O–H groups in total. The molecule has 0 unspecified atom stereocenters. The van der Waals surface area contributed by atoms with Crippen LogP contribution in [0, 0.1) is 20.8 Å². The second-order valence-electron chi connectivity index (χ2n) is 11.6. The lowest BCUT2D eigenvalue weighted by Crippen LogP contribution is -2.54. The van der Waals surface area contributed by atoms with Gasteiger partial charge >= 0.3 is 0 Å². The average molecular weight is 659 g/mol. The Morgan fingerprint density at radius 3 is 2.18 bits per heavy atom. The highest BCUT2D eigenvalue weighted by Gasteiger charge is 2.34. The van der Waals surface area contributed by atoms with Gasteiger partial charge < -0.3 is 10.2 Å². The van der Waals surface area contributed by atoms with Crippen LogP contribution in [0.15, 0.2) is 65.6 Å². The molecule has 10 heteroatoms.